The van der Waals surface area contributed by atoms with Crippen LogP contribution in [-0.4, -0.2) is 24.5 Å². The molecule has 4 heteroatoms. The van der Waals surface area contributed by atoms with Crippen molar-refractivity contribution < 1.29 is 0 Å². The third-order valence-corrected chi connectivity index (χ3v) is 5.02. The van der Waals surface area contributed by atoms with Crippen LogP contribution in [0, 0.1) is 6.92 Å². The third kappa shape index (κ3) is 5.23. The van der Waals surface area contributed by atoms with E-state index in [9.17, 15) is 0 Å². The summed E-state index contributed by atoms with van der Waals surface area (Å²) in [6, 6.07) is 17.1. The van der Waals surface area contributed by atoms with Crippen LogP contribution in [0.1, 0.15) is 12.0 Å². The molecular formula is C26H26N4. The number of hydrogen-bond acceptors (Lipinski definition) is 4. The third-order valence-electron chi connectivity index (χ3n) is 5.02. The summed E-state index contributed by atoms with van der Waals surface area (Å²) in [6.07, 6.45) is 15.3. The molecule has 2 aromatic carbocycles. The van der Waals surface area contributed by atoms with Gasteiger partial charge in [0.15, 0.2) is 0 Å². The molecule has 0 saturated carbocycles. The van der Waals surface area contributed by atoms with Gasteiger partial charge in [-0.3, -0.25) is 4.99 Å². The molecule has 0 spiro atoms. The fourth-order valence-corrected chi connectivity index (χ4v) is 3.29. The summed E-state index contributed by atoms with van der Waals surface area (Å²) in [6.45, 7) is 2.09. The molecule has 0 fully saturated rings. The topological polar surface area (TPSA) is 48.8 Å². The van der Waals surface area contributed by atoms with Crippen molar-refractivity contribution in [1.82, 2.24) is 0 Å². The highest BCUT2D eigenvalue weighted by Crippen LogP contribution is 2.22. The van der Waals surface area contributed by atoms with Gasteiger partial charge in [0.05, 0.1) is 17.1 Å². The molecule has 30 heavy (non-hydrogen) atoms. The van der Waals surface area contributed by atoms with Gasteiger partial charge in [-0.2, -0.15) is 0 Å². The first-order chi connectivity index (χ1) is 14.7. The second-order valence-corrected chi connectivity index (χ2v) is 7.39. The fraction of sp³-hybridized carbons (Fsp3) is 0.154. The maximum Gasteiger partial charge on any atom is 0.0638 e. The van der Waals surface area contributed by atoms with Crippen LogP contribution in [0.5, 0.6) is 0 Å². The number of benzene rings is 2. The number of aliphatic imine (C=N–C) groups is 2. The second kappa shape index (κ2) is 9.23. The summed E-state index contributed by atoms with van der Waals surface area (Å²) in [5.74, 6) is 0. The van der Waals surface area contributed by atoms with E-state index in [-0.39, 0.29) is 6.04 Å². The van der Waals surface area contributed by atoms with Gasteiger partial charge in [-0.1, -0.05) is 29.8 Å². The molecule has 0 aliphatic heterocycles. The van der Waals surface area contributed by atoms with Gasteiger partial charge in [0, 0.05) is 30.2 Å². The fourth-order valence-electron chi connectivity index (χ4n) is 3.29. The molecule has 4 rings (SSSR count). The van der Waals surface area contributed by atoms with Crippen molar-refractivity contribution in [2.45, 2.75) is 19.4 Å². The minimum Gasteiger partial charge on any atom is -0.379 e. The van der Waals surface area contributed by atoms with Gasteiger partial charge >= 0.3 is 0 Å². The first kappa shape index (κ1) is 19.6. The smallest absolute Gasteiger partial charge is 0.0638 e. The Morgan fingerprint density at radius 3 is 1.97 bits per heavy atom. The molecule has 0 heterocycles. The van der Waals surface area contributed by atoms with Crippen LogP contribution < -0.4 is 10.6 Å². The maximum atomic E-state index is 4.69. The molecule has 0 aromatic heterocycles. The van der Waals surface area contributed by atoms with E-state index in [1.54, 1.807) is 7.05 Å². The Balaban J connectivity index is 1.31. The summed E-state index contributed by atoms with van der Waals surface area (Å²) in [4.78, 5) is 8.84. The average Bonchev–Trinajstić information content (AvgIpc) is 2.78. The van der Waals surface area contributed by atoms with E-state index in [2.05, 4.69) is 94.3 Å². The normalized spacial score (nSPS) is 17.5. The molecule has 4 nitrogen and oxygen atoms in total. The number of nitrogens with zero attached hydrogens (tertiary/aromatic N) is 2. The van der Waals surface area contributed by atoms with Crippen LogP contribution in [0.3, 0.4) is 0 Å². The largest absolute Gasteiger partial charge is 0.379 e. The number of rotatable bonds is 5. The summed E-state index contributed by atoms with van der Waals surface area (Å²) < 4.78 is 0. The molecule has 150 valence electrons. The minimum absolute atomic E-state index is 0.265. The zero-order chi connectivity index (χ0) is 20.8. The Labute approximate surface area is 178 Å². The van der Waals surface area contributed by atoms with Crippen LogP contribution in [0.25, 0.3) is 0 Å². The molecule has 0 radical (unpaired) electrons. The zero-order valence-electron chi connectivity index (χ0n) is 17.3. The number of hydrogen-bond donors (Lipinski definition) is 2. The minimum atomic E-state index is 0.265. The Bertz CT molecular complexity index is 1050. The van der Waals surface area contributed by atoms with Crippen LogP contribution in [0.4, 0.5) is 17.1 Å². The zero-order valence-corrected chi connectivity index (χ0v) is 17.3. The van der Waals surface area contributed by atoms with E-state index in [1.807, 2.05) is 24.3 Å². The van der Waals surface area contributed by atoms with Crippen LogP contribution in [-0.2, 0) is 0 Å². The summed E-state index contributed by atoms with van der Waals surface area (Å²) in [5.41, 5.74) is 7.44. The molecule has 1 atom stereocenters. The molecular weight excluding hydrogens is 368 g/mol. The van der Waals surface area contributed by atoms with Gasteiger partial charge in [-0.25, -0.2) is 4.99 Å². The Hall–Kier alpha value is -3.66. The van der Waals surface area contributed by atoms with Crippen molar-refractivity contribution in [3.8, 4) is 0 Å². The highest BCUT2D eigenvalue weighted by Gasteiger charge is 2.09. The van der Waals surface area contributed by atoms with Crippen molar-refractivity contribution >= 4 is 28.5 Å². The quantitative estimate of drug-likeness (QED) is 0.611. The lowest BCUT2D eigenvalue weighted by Gasteiger charge is -2.18. The Morgan fingerprint density at radius 1 is 0.767 bits per heavy atom. The number of nitrogens with one attached hydrogen (secondary N) is 2. The number of aryl methyl sites for hydroxylation is 1. The van der Waals surface area contributed by atoms with E-state index >= 15 is 0 Å². The average molecular weight is 395 g/mol. The van der Waals surface area contributed by atoms with Crippen molar-refractivity contribution in [2.24, 2.45) is 9.98 Å². The van der Waals surface area contributed by atoms with Gasteiger partial charge in [0.1, 0.15) is 0 Å². The molecule has 2 N–H and O–H groups in total. The lowest BCUT2D eigenvalue weighted by molar-refractivity contribution is 0.871. The van der Waals surface area contributed by atoms with Gasteiger partial charge in [0.2, 0.25) is 0 Å². The standard InChI is InChI=1S/C26H26N4/c1-19-3-5-21(6-4-19)28-23-11-13-25(14-12-23)30-26-17-15-24(16-18-26)29-22-9-7-20(27-2)8-10-22/h3-17,26,28,30H,18H2,1-2H3. The van der Waals surface area contributed by atoms with Crippen molar-refractivity contribution in [1.29, 1.82) is 0 Å². The van der Waals surface area contributed by atoms with E-state index in [0.29, 0.717) is 0 Å². The van der Waals surface area contributed by atoms with Gasteiger partial charge in [0.25, 0.3) is 0 Å². The van der Waals surface area contributed by atoms with Gasteiger partial charge < -0.3 is 10.6 Å². The van der Waals surface area contributed by atoms with Crippen molar-refractivity contribution in [3.63, 3.8) is 0 Å². The van der Waals surface area contributed by atoms with Crippen LogP contribution in [0.2, 0.25) is 0 Å². The van der Waals surface area contributed by atoms with Gasteiger partial charge in [-0.05, 0) is 80.1 Å². The van der Waals surface area contributed by atoms with Crippen molar-refractivity contribution in [3.05, 3.63) is 102 Å². The van der Waals surface area contributed by atoms with Crippen LogP contribution >= 0.6 is 0 Å². The molecule has 2 aliphatic carbocycles. The molecule has 2 aromatic rings. The van der Waals surface area contributed by atoms with E-state index < -0.39 is 0 Å². The Morgan fingerprint density at radius 2 is 1.37 bits per heavy atom. The summed E-state index contributed by atoms with van der Waals surface area (Å²) in [7, 11) is 1.79. The second-order valence-electron chi connectivity index (χ2n) is 7.39. The number of anilines is 3. The molecule has 2 aliphatic rings. The summed E-state index contributed by atoms with van der Waals surface area (Å²) in [5, 5.41) is 6.99. The summed E-state index contributed by atoms with van der Waals surface area (Å²) >= 11 is 0. The molecule has 0 bridgehead atoms. The highest BCUT2D eigenvalue weighted by atomic mass is 14.9. The van der Waals surface area contributed by atoms with Gasteiger partial charge in [-0.15, -0.1) is 0 Å². The van der Waals surface area contributed by atoms with Crippen molar-refractivity contribution in [2.75, 3.05) is 17.7 Å². The predicted molar refractivity (Wildman–Crippen MR) is 129 cm³/mol. The lowest BCUT2D eigenvalue weighted by atomic mass is 10.1. The predicted octanol–water partition coefficient (Wildman–Crippen LogP) is 6.00. The lowest BCUT2D eigenvalue weighted by Crippen LogP contribution is -2.17. The van der Waals surface area contributed by atoms with E-state index in [0.717, 1.165) is 40.6 Å². The molecule has 0 amide bonds. The van der Waals surface area contributed by atoms with E-state index in [1.165, 1.54) is 5.56 Å². The first-order valence-corrected chi connectivity index (χ1v) is 10.2. The SMILES string of the molecule is CN=C1C=CC(=NC2=CCC(Nc3ccc(Nc4ccc(C)cc4)cc3)C=C2)C=C1. The monoisotopic (exact) mass is 394 g/mol. The molecule has 0 saturated heterocycles. The number of allylic oxidation sites excluding steroid dienone is 5. The molecule has 1 unspecified atom stereocenters. The van der Waals surface area contributed by atoms with E-state index in [4.69, 9.17) is 0 Å². The maximum absolute atomic E-state index is 4.69. The first-order valence-electron chi connectivity index (χ1n) is 10.2. The Kier molecular flexibility index (Phi) is 6.04. The highest BCUT2D eigenvalue weighted by molar-refractivity contribution is 6.18. The van der Waals surface area contributed by atoms with Crippen LogP contribution in [0.15, 0.2) is 107 Å².